The highest BCUT2D eigenvalue weighted by atomic mass is 79.9. The van der Waals surface area contributed by atoms with E-state index in [9.17, 15) is 4.79 Å². The molecule has 102 valence electrons. The Morgan fingerprint density at radius 3 is 2.47 bits per heavy atom. The topological polar surface area (TPSA) is 52.3 Å². The molecule has 0 rings (SSSR count). The minimum atomic E-state index is -0.793. The van der Waals surface area contributed by atoms with Crippen molar-refractivity contribution in [2.24, 2.45) is 17.6 Å². The average molecular weight is 373 g/mol. The molecule has 17 heavy (non-hydrogen) atoms. The van der Waals surface area contributed by atoms with Crippen LogP contribution in [0, 0.1) is 11.8 Å². The van der Waals surface area contributed by atoms with Crippen molar-refractivity contribution in [3.63, 3.8) is 0 Å². The number of alkyl halides is 2. The number of methoxy groups -OCH3 is 1. The van der Waals surface area contributed by atoms with Gasteiger partial charge < -0.3 is 4.74 Å². The van der Waals surface area contributed by atoms with Crippen LogP contribution in [-0.2, 0) is 9.53 Å². The zero-order valence-corrected chi connectivity index (χ0v) is 14.0. The van der Waals surface area contributed by atoms with Crippen LogP contribution in [0.4, 0.5) is 0 Å². The van der Waals surface area contributed by atoms with Crippen molar-refractivity contribution >= 4 is 37.6 Å². The van der Waals surface area contributed by atoms with Crippen molar-refractivity contribution < 1.29 is 9.53 Å². The van der Waals surface area contributed by atoms with Crippen LogP contribution < -0.4 is 5.73 Å². The zero-order chi connectivity index (χ0) is 13.4. The van der Waals surface area contributed by atoms with E-state index in [0.717, 1.165) is 24.6 Å². The van der Waals surface area contributed by atoms with Gasteiger partial charge in [0.1, 0.15) is 0 Å². The maximum atomic E-state index is 12.0. The van der Waals surface area contributed by atoms with Gasteiger partial charge >= 0.3 is 0 Å². The molecule has 0 bridgehead atoms. The van der Waals surface area contributed by atoms with Gasteiger partial charge in [0, 0.05) is 23.2 Å². The van der Waals surface area contributed by atoms with Gasteiger partial charge in [0.05, 0.1) is 0 Å². The Kier molecular flexibility index (Phi) is 9.78. The minimum Gasteiger partial charge on any atom is -0.359 e. The maximum absolute atomic E-state index is 12.0. The second-order valence-electron chi connectivity index (χ2n) is 4.28. The van der Waals surface area contributed by atoms with Crippen LogP contribution in [0.15, 0.2) is 0 Å². The van der Waals surface area contributed by atoms with Crippen molar-refractivity contribution in [3.8, 4) is 0 Å². The lowest BCUT2D eigenvalue weighted by Crippen LogP contribution is -2.40. The Bertz CT molecular complexity index is 227. The Labute approximate surface area is 121 Å². The molecule has 0 radical (unpaired) electrons. The highest BCUT2D eigenvalue weighted by Crippen LogP contribution is 2.28. The van der Waals surface area contributed by atoms with E-state index in [0.29, 0.717) is 4.83 Å². The van der Waals surface area contributed by atoms with Crippen LogP contribution in [-0.4, -0.2) is 29.3 Å². The molecule has 5 heteroatoms. The monoisotopic (exact) mass is 371 g/mol. The molecule has 0 aromatic rings. The summed E-state index contributed by atoms with van der Waals surface area (Å²) in [5, 5.41) is 0.990. The minimum absolute atomic E-state index is 0.00536. The number of rotatable bonds is 9. The summed E-state index contributed by atoms with van der Waals surface area (Å²) in [7, 11) is 1.47. The summed E-state index contributed by atoms with van der Waals surface area (Å²) >= 11 is 7.09. The second kappa shape index (κ2) is 9.48. The number of carbonyl (C=O) groups is 1. The summed E-state index contributed by atoms with van der Waals surface area (Å²) in [6, 6.07) is 0. The largest absolute Gasteiger partial charge is 0.359 e. The van der Waals surface area contributed by atoms with Gasteiger partial charge in [-0.1, -0.05) is 45.7 Å². The Balaban J connectivity index is 4.47. The molecule has 0 aliphatic carbocycles. The van der Waals surface area contributed by atoms with Crippen molar-refractivity contribution in [2.45, 2.75) is 44.2 Å². The number of carbonyl (C=O) groups excluding carboxylic acids is 1. The molecule has 2 N–H and O–H groups in total. The summed E-state index contributed by atoms with van der Waals surface area (Å²) < 4.78 is 4.91. The van der Waals surface area contributed by atoms with E-state index in [1.54, 1.807) is 0 Å². The molecule has 0 amide bonds. The molecule has 0 fully saturated rings. The van der Waals surface area contributed by atoms with E-state index < -0.39 is 6.23 Å². The molecule has 3 nitrogen and oxygen atoms in total. The number of Topliss-reactive ketones (excluding diaryl/α,β-unsaturated/α-hetero) is 1. The lowest BCUT2D eigenvalue weighted by Gasteiger charge is -2.27. The molecule has 4 atom stereocenters. The van der Waals surface area contributed by atoms with Crippen LogP contribution in [0.3, 0.4) is 0 Å². The van der Waals surface area contributed by atoms with E-state index in [4.69, 9.17) is 10.5 Å². The molecule has 4 unspecified atom stereocenters. The predicted molar refractivity (Wildman–Crippen MR) is 78.7 cm³/mol. The SMILES string of the molecule is CCC(C(=O)C(N)OC)C(C)C(Br)CCCBr. The molecular formula is C12H23Br2NO2. The molecule has 0 saturated carbocycles. The quantitative estimate of drug-likeness (QED) is 0.499. The number of ketones is 1. The van der Waals surface area contributed by atoms with Gasteiger partial charge in [0.15, 0.2) is 12.0 Å². The fraction of sp³-hybridized carbons (Fsp3) is 0.917. The van der Waals surface area contributed by atoms with Gasteiger partial charge in [0.2, 0.25) is 0 Å². The van der Waals surface area contributed by atoms with E-state index in [1.165, 1.54) is 7.11 Å². The van der Waals surface area contributed by atoms with E-state index in [-0.39, 0.29) is 17.6 Å². The third-order valence-corrected chi connectivity index (χ3v) is 5.01. The van der Waals surface area contributed by atoms with Crippen LogP contribution in [0.5, 0.6) is 0 Å². The maximum Gasteiger partial charge on any atom is 0.179 e. The number of nitrogens with two attached hydrogens (primary N) is 1. The first kappa shape index (κ1) is 17.6. The third kappa shape index (κ3) is 5.81. The third-order valence-electron chi connectivity index (χ3n) is 3.16. The lowest BCUT2D eigenvalue weighted by atomic mass is 9.84. The summed E-state index contributed by atoms with van der Waals surface area (Å²) in [4.78, 5) is 12.4. The van der Waals surface area contributed by atoms with E-state index in [1.807, 2.05) is 6.92 Å². The molecule has 0 aliphatic heterocycles. The molecule has 0 saturated heterocycles. The molecule has 0 heterocycles. The first-order chi connectivity index (χ1) is 7.99. The number of ether oxygens (including phenoxy) is 1. The summed E-state index contributed by atoms with van der Waals surface area (Å²) in [5.74, 6) is 0.239. The molecule has 0 aromatic heterocycles. The Morgan fingerprint density at radius 1 is 1.47 bits per heavy atom. The van der Waals surface area contributed by atoms with Crippen LogP contribution >= 0.6 is 31.9 Å². The van der Waals surface area contributed by atoms with Gasteiger partial charge in [0.25, 0.3) is 0 Å². The average Bonchev–Trinajstić information content (AvgIpc) is 2.35. The van der Waals surface area contributed by atoms with Gasteiger partial charge in [-0.25, -0.2) is 0 Å². The molecule has 0 spiro atoms. The fourth-order valence-electron chi connectivity index (χ4n) is 1.95. The van der Waals surface area contributed by atoms with E-state index >= 15 is 0 Å². The van der Waals surface area contributed by atoms with Crippen LogP contribution in [0.25, 0.3) is 0 Å². The van der Waals surface area contributed by atoms with Gasteiger partial charge in [-0.2, -0.15) is 0 Å². The first-order valence-electron chi connectivity index (χ1n) is 6.01. The highest BCUT2D eigenvalue weighted by molar-refractivity contribution is 9.09. The van der Waals surface area contributed by atoms with E-state index in [2.05, 4.69) is 38.8 Å². The summed E-state index contributed by atoms with van der Waals surface area (Å²) in [6.45, 7) is 4.12. The van der Waals surface area contributed by atoms with Crippen molar-refractivity contribution in [2.75, 3.05) is 12.4 Å². The fourth-order valence-corrected chi connectivity index (χ4v) is 2.96. The van der Waals surface area contributed by atoms with Crippen LogP contribution in [0.1, 0.15) is 33.1 Å². The zero-order valence-electron chi connectivity index (χ0n) is 10.8. The number of hydrogen-bond acceptors (Lipinski definition) is 3. The van der Waals surface area contributed by atoms with Gasteiger partial charge in [-0.05, 0) is 25.2 Å². The normalized spacial score (nSPS) is 18.5. The predicted octanol–water partition coefficient (Wildman–Crippen LogP) is 3.09. The van der Waals surface area contributed by atoms with Crippen molar-refractivity contribution in [1.82, 2.24) is 0 Å². The lowest BCUT2D eigenvalue weighted by molar-refractivity contribution is -0.134. The standard InChI is InChI=1S/C12H23Br2NO2/c1-4-9(11(16)12(15)17-3)8(2)10(14)6-5-7-13/h8-10,12H,4-7,15H2,1-3H3. The Morgan fingerprint density at radius 2 is 2.06 bits per heavy atom. The van der Waals surface area contributed by atoms with Crippen molar-refractivity contribution in [3.05, 3.63) is 0 Å². The smallest absolute Gasteiger partial charge is 0.179 e. The van der Waals surface area contributed by atoms with Gasteiger partial charge in [-0.15, -0.1) is 0 Å². The van der Waals surface area contributed by atoms with Gasteiger partial charge in [-0.3, -0.25) is 10.5 Å². The first-order valence-corrected chi connectivity index (χ1v) is 8.05. The summed E-state index contributed by atoms with van der Waals surface area (Å²) in [6.07, 6.45) is 2.16. The number of halogens is 2. The molecule has 0 aliphatic rings. The molecular weight excluding hydrogens is 350 g/mol. The second-order valence-corrected chi connectivity index (χ2v) is 6.25. The highest BCUT2D eigenvalue weighted by Gasteiger charge is 2.31. The number of hydrogen-bond donors (Lipinski definition) is 1. The van der Waals surface area contributed by atoms with Crippen molar-refractivity contribution in [1.29, 1.82) is 0 Å². The summed E-state index contributed by atoms with van der Waals surface area (Å²) in [5.41, 5.74) is 5.64. The van der Waals surface area contributed by atoms with Crippen LogP contribution in [0.2, 0.25) is 0 Å². The Hall–Kier alpha value is 0.550. The molecule has 0 aromatic carbocycles.